The van der Waals surface area contributed by atoms with Crippen LogP contribution in [0.5, 0.6) is 0 Å². The van der Waals surface area contributed by atoms with Crippen molar-refractivity contribution in [1.82, 2.24) is 25.1 Å². The second-order valence-electron chi connectivity index (χ2n) is 6.30. The molecule has 1 N–H and O–H groups in total. The predicted octanol–water partition coefficient (Wildman–Crippen LogP) is 2.93. The lowest BCUT2D eigenvalue weighted by atomic mass is 9.77. The fourth-order valence-corrected chi connectivity index (χ4v) is 3.11. The number of nitrogens with zero attached hydrogens (tertiary/aromatic N) is 4. The predicted molar refractivity (Wildman–Crippen MR) is 93.1 cm³/mol. The molecule has 1 amide bonds. The van der Waals surface area contributed by atoms with Gasteiger partial charge in [0.1, 0.15) is 12.7 Å². The Hall–Kier alpha value is -3.02. The molecule has 0 spiro atoms. The molecule has 126 valence electrons. The summed E-state index contributed by atoms with van der Waals surface area (Å²) in [5.41, 5.74) is 1.71. The van der Waals surface area contributed by atoms with Crippen LogP contribution in [0.2, 0.25) is 0 Å². The monoisotopic (exact) mass is 333 g/mol. The number of carbonyl (C=O) groups excluding carboxylic acids is 1. The number of amides is 1. The van der Waals surface area contributed by atoms with E-state index in [0.717, 1.165) is 18.4 Å². The van der Waals surface area contributed by atoms with Crippen molar-refractivity contribution in [3.05, 3.63) is 72.4 Å². The fraction of sp³-hybridized carbons (Fsp3) is 0.263. The van der Waals surface area contributed by atoms with Gasteiger partial charge in [0.2, 0.25) is 0 Å². The Morgan fingerprint density at radius 1 is 1.16 bits per heavy atom. The van der Waals surface area contributed by atoms with Gasteiger partial charge in [-0.2, -0.15) is 5.10 Å². The van der Waals surface area contributed by atoms with E-state index >= 15 is 0 Å². The van der Waals surface area contributed by atoms with Crippen LogP contribution in [0, 0.1) is 5.92 Å². The van der Waals surface area contributed by atoms with Crippen molar-refractivity contribution in [2.75, 3.05) is 0 Å². The highest BCUT2D eigenvalue weighted by Crippen LogP contribution is 2.37. The molecule has 25 heavy (non-hydrogen) atoms. The van der Waals surface area contributed by atoms with E-state index in [1.165, 1.54) is 12.7 Å². The second kappa shape index (κ2) is 6.84. The van der Waals surface area contributed by atoms with Crippen molar-refractivity contribution in [2.24, 2.45) is 5.92 Å². The summed E-state index contributed by atoms with van der Waals surface area (Å²) in [6, 6.07) is 13.8. The number of rotatable bonds is 5. The maximum Gasteiger partial charge on any atom is 0.253 e. The first kappa shape index (κ1) is 15.5. The van der Waals surface area contributed by atoms with Gasteiger partial charge in [-0.15, -0.1) is 0 Å². The van der Waals surface area contributed by atoms with Gasteiger partial charge in [-0.05, 0) is 36.5 Å². The molecular formula is C19H19N5O. The summed E-state index contributed by atoms with van der Waals surface area (Å²) >= 11 is 0. The fourth-order valence-electron chi connectivity index (χ4n) is 3.11. The minimum Gasteiger partial charge on any atom is -0.345 e. The van der Waals surface area contributed by atoms with E-state index in [2.05, 4.69) is 32.5 Å². The first-order chi connectivity index (χ1) is 12.3. The molecule has 0 saturated heterocycles. The van der Waals surface area contributed by atoms with E-state index in [9.17, 15) is 4.79 Å². The molecule has 1 saturated carbocycles. The van der Waals surface area contributed by atoms with Gasteiger partial charge in [0.15, 0.2) is 5.82 Å². The molecule has 6 nitrogen and oxygen atoms in total. The summed E-state index contributed by atoms with van der Waals surface area (Å²) in [5.74, 6) is 1.04. The SMILES string of the molecule is O=C(NC(c1ccccc1)C1CCC1)c1ccc(-n2cncn2)nc1. The third-order valence-electron chi connectivity index (χ3n) is 4.73. The van der Waals surface area contributed by atoms with E-state index in [1.807, 2.05) is 18.2 Å². The molecule has 2 aromatic heterocycles. The first-order valence-electron chi connectivity index (χ1n) is 8.48. The third kappa shape index (κ3) is 3.28. The van der Waals surface area contributed by atoms with Gasteiger partial charge in [0.25, 0.3) is 5.91 Å². The lowest BCUT2D eigenvalue weighted by molar-refractivity contribution is 0.0900. The van der Waals surface area contributed by atoms with Gasteiger partial charge in [0, 0.05) is 6.20 Å². The largest absolute Gasteiger partial charge is 0.345 e. The summed E-state index contributed by atoms with van der Waals surface area (Å²) in [7, 11) is 0. The highest BCUT2D eigenvalue weighted by atomic mass is 16.1. The van der Waals surface area contributed by atoms with Gasteiger partial charge in [-0.25, -0.2) is 14.6 Å². The zero-order chi connectivity index (χ0) is 17.1. The molecule has 1 aromatic carbocycles. The van der Waals surface area contributed by atoms with Crippen LogP contribution in [0.1, 0.15) is 41.2 Å². The molecule has 4 rings (SSSR count). The van der Waals surface area contributed by atoms with Crippen LogP contribution in [0.3, 0.4) is 0 Å². The van der Waals surface area contributed by atoms with Gasteiger partial charge in [-0.1, -0.05) is 36.8 Å². The van der Waals surface area contributed by atoms with E-state index in [-0.39, 0.29) is 11.9 Å². The standard InChI is InChI=1S/C19H19N5O/c25-19(16-9-10-17(21-11-16)24-13-20-12-22-24)23-18(15-7-4-8-15)14-5-2-1-3-6-14/h1-3,5-6,9-13,15,18H,4,7-8H2,(H,23,25). The Labute approximate surface area is 145 Å². The maximum atomic E-state index is 12.7. The van der Waals surface area contributed by atoms with Gasteiger partial charge in [0.05, 0.1) is 11.6 Å². The minimum absolute atomic E-state index is 0.0532. The number of benzene rings is 1. The topological polar surface area (TPSA) is 72.7 Å². The van der Waals surface area contributed by atoms with E-state index in [0.29, 0.717) is 17.3 Å². The van der Waals surface area contributed by atoms with Crippen LogP contribution >= 0.6 is 0 Å². The van der Waals surface area contributed by atoms with E-state index < -0.39 is 0 Å². The molecule has 0 aliphatic heterocycles. The zero-order valence-electron chi connectivity index (χ0n) is 13.7. The van der Waals surface area contributed by atoms with Crippen LogP contribution in [0.25, 0.3) is 5.82 Å². The summed E-state index contributed by atoms with van der Waals surface area (Å²) in [6.45, 7) is 0. The van der Waals surface area contributed by atoms with Crippen LogP contribution in [0.15, 0.2) is 61.3 Å². The normalized spacial score (nSPS) is 15.4. The molecule has 6 heteroatoms. The van der Waals surface area contributed by atoms with Gasteiger partial charge >= 0.3 is 0 Å². The van der Waals surface area contributed by atoms with Crippen molar-refractivity contribution >= 4 is 5.91 Å². The lowest BCUT2D eigenvalue weighted by Crippen LogP contribution is -2.36. The summed E-state index contributed by atoms with van der Waals surface area (Å²) in [6.07, 6.45) is 8.15. The van der Waals surface area contributed by atoms with E-state index in [1.54, 1.807) is 29.3 Å². The van der Waals surface area contributed by atoms with Crippen LogP contribution < -0.4 is 5.32 Å². The van der Waals surface area contributed by atoms with Crippen molar-refractivity contribution in [3.63, 3.8) is 0 Å². The second-order valence-corrected chi connectivity index (χ2v) is 6.30. The number of carbonyl (C=O) groups is 1. The highest BCUT2D eigenvalue weighted by Gasteiger charge is 2.29. The van der Waals surface area contributed by atoms with Gasteiger partial charge in [-0.3, -0.25) is 4.79 Å². The zero-order valence-corrected chi connectivity index (χ0v) is 13.7. The molecule has 1 atom stereocenters. The molecule has 1 fully saturated rings. The first-order valence-corrected chi connectivity index (χ1v) is 8.48. The number of pyridine rings is 1. The molecule has 1 aliphatic carbocycles. The Morgan fingerprint density at radius 3 is 2.60 bits per heavy atom. The highest BCUT2D eigenvalue weighted by molar-refractivity contribution is 5.94. The number of aromatic nitrogens is 4. The molecule has 2 heterocycles. The Bertz CT molecular complexity index is 826. The van der Waals surface area contributed by atoms with Crippen LogP contribution in [-0.4, -0.2) is 25.7 Å². The number of hydrogen-bond acceptors (Lipinski definition) is 4. The van der Waals surface area contributed by atoms with E-state index in [4.69, 9.17) is 0 Å². The smallest absolute Gasteiger partial charge is 0.253 e. The molecular weight excluding hydrogens is 314 g/mol. The number of hydrogen-bond donors (Lipinski definition) is 1. The quantitative estimate of drug-likeness (QED) is 0.779. The van der Waals surface area contributed by atoms with Crippen molar-refractivity contribution in [3.8, 4) is 5.82 Å². The average Bonchev–Trinajstić information content (AvgIpc) is 3.15. The number of nitrogens with one attached hydrogen (secondary N) is 1. The minimum atomic E-state index is -0.0987. The lowest BCUT2D eigenvalue weighted by Gasteiger charge is -2.34. The van der Waals surface area contributed by atoms with Crippen molar-refractivity contribution in [1.29, 1.82) is 0 Å². The van der Waals surface area contributed by atoms with Crippen molar-refractivity contribution < 1.29 is 4.79 Å². The van der Waals surface area contributed by atoms with Crippen LogP contribution in [-0.2, 0) is 0 Å². The summed E-state index contributed by atoms with van der Waals surface area (Å²) in [5, 5.41) is 7.23. The Kier molecular flexibility index (Phi) is 4.24. The molecule has 3 aromatic rings. The summed E-state index contributed by atoms with van der Waals surface area (Å²) in [4.78, 5) is 20.9. The third-order valence-corrected chi connectivity index (χ3v) is 4.73. The summed E-state index contributed by atoms with van der Waals surface area (Å²) < 4.78 is 1.56. The van der Waals surface area contributed by atoms with Gasteiger partial charge < -0.3 is 5.32 Å². The maximum absolute atomic E-state index is 12.7. The molecule has 0 radical (unpaired) electrons. The molecule has 1 unspecified atom stereocenters. The molecule has 1 aliphatic rings. The average molecular weight is 333 g/mol. The molecule has 0 bridgehead atoms. The van der Waals surface area contributed by atoms with Crippen LogP contribution in [0.4, 0.5) is 0 Å². The Morgan fingerprint density at radius 2 is 2.00 bits per heavy atom. The Balaban J connectivity index is 1.51. The van der Waals surface area contributed by atoms with Crippen molar-refractivity contribution in [2.45, 2.75) is 25.3 Å².